The molecule has 5 heteroatoms. The lowest BCUT2D eigenvalue weighted by Crippen LogP contribution is -2.21. The predicted octanol–water partition coefficient (Wildman–Crippen LogP) is 0.615. The van der Waals surface area contributed by atoms with Crippen LogP contribution in [0.2, 0.25) is 0 Å². The van der Waals surface area contributed by atoms with Gasteiger partial charge in [0.2, 0.25) is 0 Å². The standard InChI is InChI=1S/C10H10N2O3/c1-2-15-6-3-4-7-8(5-6)11-10(14)12-9(7)13/h3-5H,2H2,1H3,(H2,11,12,13,14). The van der Waals surface area contributed by atoms with Crippen LogP contribution in [0, 0.1) is 0 Å². The number of ether oxygens (including phenoxy) is 1. The molecule has 0 fully saturated rings. The molecule has 15 heavy (non-hydrogen) atoms. The summed E-state index contributed by atoms with van der Waals surface area (Å²) >= 11 is 0. The highest BCUT2D eigenvalue weighted by molar-refractivity contribution is 5.78. The van der Waals surface area contributed by atoms with Gasteiger partial charge in [-0.25, -0.2) is 4.79 Å². The summed E-state index contributed by atoms with van der Waals surface area (Å²) in [6.45, 7) is 2.41. The fraction of sp³-hybridized carbons (Fsp3) is 0.200. The molecule has 0 aliphatic rings. The van der Waals surface area contributed by atoms with Crippen LogP contribution in [0.5, 0.6) is 5.75 Å². The average molecular weight is 206 g/mol. The monoisotopic (exact) mass is 206 g/mol. The lowest BCUT2D eigenvalue weighted by atomic mass is 10.2. The number of H-pyrrole nitrogens is 2. The van der Waals surface area contributed by atoms with Crippen molar-refractivity contribution in [2.75, 3.05) is 6.61 Å². The third-order valence-electron chi connectivity index (χ3n) is 2.02. The fourth-order valence-electron chi connectivity index (χ4n) is 1.41. The molecular weight excluding hydrogens is 196 g/mol. The predicted molar refractivity (Wildman–Crippen MR) is 56.4 cm³/mol. The third-order valence-corrected chi connectivity index (χ3v) is 2.02. The van der Waals surface area contributed by atoms with Crippen LogP contribution in [-0.4, -0.2) is 16.6 Å². The molecule has 0 unspecified atom stereocenters. The van der Waals surface area contributed by atoms with Gasteiger partial charge in [0.15, 0.2) is 0 Å². The van der Waals surface area contributed by atoms with Crippen molar-refractivity contribution in [1.82, 2.24) is 9.97 Å². The Morgan fingerprint density at radius 1 is 1.27 bits per heavy atom. The van der Waals surface area contributed by atoms with Gasteiger partial charge < -0.3 is 9.72 Å². The van der Waals surface area contributed by atoms with E-state index in [0.29, 0.717) is 23.3 Å². The quantitative estimate of drug-likeness (QED) is 0.756. The van der Waals surface area contributed by atoms with Crippen LogP contribution in [0.15, 0.2) is 27.8 Å². The topological polar surface area (TPSA) is 75.0 Å². The average Bonchev–Trinajstić information content (AvgIpc) is 2.17. The summed E-state index contributed by atoms with van der Waals surface area (Å²) in [5.41, 5.74) is -0.423. The summed E-state index contributed by atoms with van der Waals surface area (Å²) in [7, 11) is 0. The largest absolute Gasteiger partial charge is 0.494 e. The minimum atomic E-state index is -0.513. The minimum absolute atomic E-state index is 0.392. The summed E-state index contributed by atoms with van der Waals surface area (Å²) in [5.74, 6) is 0.631. The van der Waals surface area contributed by atoms with Crippen molar-refractivity contribution in [2.24, 2.45) is 0 Å². The van der Waals surface area contributed by atoms with Crippen LogP contribution in [-0.2, 0) is 0 Å². The van der Waals surface area contributed by atoms with Crippen LogP contribution in [0.4, 0.5) is 0 Å². The van der Waals surface area contributed by atoms with E-state index in [1.54, 1.807) is 18.2 Å². The molecule has 78 valence electrons. The zero-order valence-electron chi connectivity index (χ0n) is 8.16. The first-order chi connectivity index (χ1) is 7.20. The Hall–Kier alpha value is -2.04. The van der Waals surface area contributed by atoms with Gasteiger partial charge in [0.25, 0.3) is 5.56 Å². The number of nitrogens with one attached hydrogen (secondary N) is 2. The maximum atomic E-state index is 11.4. The Morgan fingerprint density at radius 3 is 2.80 bits per heavy atom. The minimum Gasteiger partial charge on any atom is -0.494 e. The van der Waals surface area contributed by atoms with Gasteiger partial charge in [-0.1, -0.05) is 0 Å². The van der Waals surface area contributed by atoms with Crippen LogP contribution in [0.3, 0.4) is 0 Å². The van der Waals surface area contributed by atoms with E-state index in [4.69, 9.17) is 4.74 Å². The molecule has 1 aromatic heterocycles. The van der Waals surface area contributed by atoms with Gasteiger partial charge in [-0.3, -0.25) is 9.78 Å². The van der Waals surface area contributed by atoms with Gasteiger partial charge in [0.1, 0.15) is 5.75 Å². The van der Waals surface area contributed by atoms with Crippen LogP contribution < -0.4 is 16.0 Å². The third kappa shape index (κ3) is 1.76. The molecule has 0 spiro atoms. The molecule has 0 aliphatic carbocycles. The highest BCUT2D eigenvalue weighted by Gasteiger charge is 2.01. The van der Waals surface area contributed by atoms with Crippen molar-refractivity contribution in [2.45, 2.75) is 6.92 Å². The molecule has 5 nitrogen and oxygen atoms in total. The Labute approximate surface area is 84.7 Å². The van der Waals surface area contributed by atoms with Gasteiger partial charge in [0.05, 0.1) is 17.5 Å². The van der Waals surface area contributed by atoms with Gasteiger partial charge in [0, 0.05) is 6.07 Å². The highest BCUT2D eigenvalue weighted by atomic mass is 16.5. The van der Waals surface area contributed by atoms with E-state index in [9.17, 15) is 9.59 Å². The van der Waals surface area contributed by atoms with Crippen molar-refractivity contribution in [3.05, 3.63) is 39.0 Å². The Balaban J connectivity index is 2.71. The highest BCUT2D eigenvalue weighted by Crippen LogP contribution is 2.15. The van der Waals surface area contributed by atoms with Gasteiger partial charge in [-0.15, -0.1) is 0 Å². The summed E-state index contributed by atoms with van der Waals surface area (Å²) in [6, 6.07) is 4.95. The molecule has 2 N–H and O–H groups in total. The SMILES string of the molecule is CCOc1ccc2c(=O)[nH]c(=O)[nH]c2c1. The molecule has 0 aliphatic heterocycles. The molecule has 0 saturated carbocycles. The molecule has 0 radical (unpaired) electrons. The van der Waals surface area contributed by atoms with Crippen LogP contribution in [0.1, 0.15) is 6.92 Å². The second-order valence-corrected chi connectivity index (χ2v) is 3.05. The first-order valence-corrected chi connectivity index (χ1v) is 4.60. The van der Waals surface area contributed by atoms with Crippen molar-refractivity contribution in [3.63, 3.8) is 0 Å². The van der Waals surface area contributed by atoms with E-state index in [-0.39, 0.29) is 0 Å². The molecule has 0 saturated heterocycles. The normalized spacial score (nSPS) is 10.5. The number of hydrogen-bond donors (Lipinski definition) is 2. The Kier molecular flexibility index (Phi) is 2.29. The number of fused-ring (bicyclic) bond motifs is 1. The van der Waals surface area contributed by atoms with Crippen molar-refractivity contribution in [3.8, 4) is 5.75 Å². The van der Waals surface area contributed by atoms with E-state index in [2.05, 4.69) is 9.97 Å². The molecule has 0 atom stereocenters. The summed E-state index contributed by atoms with van der Waals surface area (Å²) in [4.78, 5) is 27.1. The summed E-state index contributed by atoms with van der Waals surface area (Å²) in [5, 5.41) is 0.443. The second-order valence-electron chi connectivity index (χ2n) is 3.05. The summed E-state index contributed by atoms with van der Waals surface area (Å²) in [6.07, 6.45) is 0. The molecular formula is C10H10N2O3. The van der Waals surface area contributed by atoms with E-state index < -0.39 is 11.2 Å². The molecule has 1 aromatic carbocycles. The molecule has 0 amide bonds. The van der Waals surface area contributed by atoms with Crippen LogP contribution >= 0.6 is 0 Å². The lowest BCUT2D eigenvalue weighted by molar-refractivity contribution is 0.340. The fourth-order valence-corrected chi connectivity index (χ4v) is 1.41. The number of aromatic nitrogens is 2. The van der Waals surface area contributed by atoms with Crippen molar-refractivity contribution < 1.29 is 4.74 Å². The molecule has 2 aromatic rings. The number of benzene rings is 1. The Bertz CT molecular complexity index is 597. The number of aromatic amines is 2. The van der Waals surface area contributed by atoms with E-state index in [1.165, 1.54) is 0 Å². The first kappa shape index (κ1) is 9.51. The van der Waals surface area contributed by atoms with E-state index in [1.807, 2.05) is 6.92 Å². The van der Waals surface area contributed by atoms with Gasteiger partial charge in [-0.05, 0) is 19.1 Å². The van der Waals surface area contributed by atoms with Crippen LogP contribution in [0.25, 0.3) is 10.9 Å². The van der Waals surface area contributed by atoms with E-state index >= 15 is 0 Å². The second kappa shape index (κ2) is 3.61. The number of rotatable bonds is 2. The number of hydrogen-bond acceptors (Lipinski definition) is 3. The lowest BCUT2D eigenvalue weighted by Gasteiger charge is -2.03. The molecule has 0 bridgehead atoms. The smallest absolute Gasteiger partial charge is 0.326 e. The maximum Gasteiger partial charge on any atom is 0.326 e. The van der Waals surface area contributed by atoms with E-state index in [0.717, 1.165) is 0 Å². The molecule has 1 heterocycles. The Morgan fingerprint density at radius 2 is 2.07 bits per heavy atom. The van der Waals surface area contributed by atoms with Crippen molar-refractivity contribution >= 4 is 10.9 Å². The zero-order chi connectivity index (χ0) is 10.8. The first-order valence-electron chi connectivity index (χ1n) is 4.60. The molecule has 2 rings (SSSR count). The van der Waals surface area contributed by atoms with Gasteiger partial charge in [-0.2, -0.15) is 0 Å². The summed E-state index contributed by atoms with van der Waals surface area (Å²) < 4.78 is 5.26. The van der Waals surface area contributed by atoms with Crippen molar-refractivity contribution in [1.29, 1.82) is 0 Å². The van der Waals surface area contributed by atoms with Gasteiger partial charge >= 0.3 is 5.69 Å². The maximum absolute atomic E-state index is 11.4. The zero-order valence-corrected chi connectivity index (χ0v) is 8.16.